The minimum atomic E-state index is -1.56. The molecule has 1 atom stereocenters. The first kappa shape index (κ1) is 16.1. The molecule has 8 nitrogen and oxygen atoms in total. The van der Waals surface area contributed by atoms with Gasteiger partial charge in [-0.1, -0.05) is 15.9 Å². The lowest BCUT2D eigenvalue weighted by atomic mass is 10.2. The lowest BCUT2D eigenvalue weighted by Gasteiger charge is -2.07. The first-order valence-corrected chi connectivity index (χ1v) is 6.24. The van der Waals surface area contributed by atoms with Crippen molar-refractivity contribution in [3.05, 3.63) is 38.3 Å². The fraction of sp³-hybridized carbons (Fsp3) is 0.273. The molecular weight excluding hydrogens is 336 g/mol. The number of nitro benzene ring substituents is 1. The first-order chi connectivity index (χ1) is 9.31. The Balaban J connectivity index is 2.68. The van der Waals surface area contributed by atoms with Gasteiger partial charge in [0, 0.05) is 35.1 Å². The Morgan fingerprint density at radius 2 is 2.05 bits per heavy atom. The van der Waals surface area contributed by atoms with Crippen LogP contribution in [0, 0.1) is 10.1 Å². The van der Waals surface area contributed by atoms with E-state index in [0.717, 1.165) is 6.07 Å². The molecule has 0 aliphatic rings. The maximum Gasteiger partial charge on any atom is 0.332 e. The predicted octanol–water partition coefficient (Wildman–Crippen LogP) is 0.923. The smallest absolute Gasteiger partial charge is 0.332 e. The van der Waals surface area contributed by atoms with Crippen molar-refractivity contribution >= 4 is 33.5 Å². The molecule has 0 radical (unpaired) electrons. The normalized spacial score (nSPS) is 11.7. The van der Waals surface area contributed by atoms with Crippen LogP contribution in [0.1, 0.15) is 16.8 Å². The Morgan fingerprint density at radius 3 is 2.60 bits per heavy atom. The highest BCUT2D eigenvalue weighted by Crippen LogP contribution is 2.21. The molecular formula is C11H11BrN2O6. The van der Waals surface area contributed by atoms with Gasteiger partial charge in [0.05, 0.1) is 4.92 Å². The number of aliphatic hydroxyl groups is 1. The highest BCUT2D eigenvalue weighted by molar-refractivity contribution is 9.10. The number of halogens is 1. The maximum atomic E-state index is 11.7. The number of hydrogen-bond acceptors (Lipinski definition) is 5. The fourth-order valence-electron chi connectivity index (χ4n) is 1.36. The van der Waals surface area contributed by atoms with E-state index in [9.17, 15) is 19.7 Å². The summed E-state index contributed by atoms with van der Waals surface area (Å²) in [6.45, 7) is -0.0629. The van der Waals surface area contributed by atoms with Crippen molar-refractivity contribution in [1.82, 2.24) is 5.32 Å². The third-order valence-corrected chi connectivity index (χ3v) is 2.80. The Hall–Kier alpha value is -2.00. The number of carboxylic acids is 1. The topological polar surface area (TPSA) is 130 Å². The van der Waals surface area contributed by atoms with Crippen LogP contribution >= 0.6 is 15.9 Å². The number of carbonyl (C=O) groups is 2. The number of aliphatic hydroxyl groups excluding tert-OH is 1. The van der Waals surface area contributed by atoms with Crippen LogP contribution in [0.2, 0.25) is 0 Å². The second-order valence-corrected chi connectivity index (χ2v) is 4.77. The molecule has 0 bridgehead atoms. The van der Waals surface area contributed by atoms with Crippen molar-refractivity contribution in [2.75, 3.05) is 6.54 Å². The van der Waals surface area contributed by atoms with Crippen molar-refractivity contribution < 1.29 is 24.7 Å². The van der Waals surface area contributed by atoms with E-state index in [2.05, 4.69) is 21.2 Å². The molecule has 9 heteroatoms. The predicted molar refractivity (Wildman–Crippen MR) is 71.4 cm³/mol. The second-order valence-electron chi connectivity index (χ2n) is 3.85. The van der Waals surface area contributed by atoms with Crippen LogP contribution in [-0.2, 0) is 4.79 Å². The van der Waals surface area contributed by atoms with E-state index in [0.29, 0.717) is 4.47 Å². The van der Waals surface area contributed by atoms with Crippen LogP contribution in [0.15, 0.2) is 22.7 Å². The van der Waals surface area contributed by atoms with Gasteiger partial charge in [0.25, 0.3) is 11.6 Å². The van der Waals surface area contributed by atoms with Gasteiger partial charge < -0.3 is 15.5 Å². The Bertz CT molecular complexity index is 548. The molecule has 0 saturated heterocycles. The van der Waals surface area contributed by atoms with E-state index in [-0.39, 0.29) is 24.2 Å². The van der Waals surface area contributed by atoms with Crippen molar-refractivity contribution in [3.8, 4) is 0 Å². The molecule has 0 fully saturated rings. The molecule has 0 spiro atoms. The molecule has 0 aromatic heterocycles. The van der Waals surface area contributed by atoms with Crippen molar-refractivity contribution in [3.63, 3.8) is 0 Å². The highest BCUT2D eigenvalue weighted by atomic mass is 79.9. The van der Waals surface area contributed by atoms with Crippen molar-refractivity contribution in [2.45, 2.75) is 12.5 Å². The summed E-state index contributed by atoms with van der Waals surface area (Å²) >= 11 is 3.06. The minimum Gasteiger partial charge on any atom is -0.479 e. The summed E-state index contributed by atoms with van der Waals surface area (Å²) in [5, 5.41) is 30.5. The molecule has 1 aromatic rings. The molecule has 3 N–H and O–H groups in total. The third kappa shape index (κ3) is 4.59. The summed E-state index contributed by atoms with van der Waals surface area (Å²) in [4.78, 5) is 32.1. The molecule has 0 aliphatic carbocycles. The summed E-state index contributed by atoms with van der Waals surface area (Å²) in [6, 6.07) is 3.76. The number of non-ortho nitro benzene ring substituents is 1. The van der Waals surface area contributed by atoms with E-state index < -0.39 is 22.9 Å². The SMILES string of the molecule is O=C(NCC[C@H](O)C(=O)O)c1cc(Br)cc([N+](=O)[O-])c1. The van der Waals surface area contributed by atoms with Crippen LogP contribution in [0.3, 0.4) is 0 Å². The number of nitrogens with one attached hydrogen (secondary N) is 1. The molecule has 1 rings (SSSR count). The summed E-state index contributed by atoms with van der Waals surface area (Å²) in [5.41, 5.74) is -0.175. The standard InChI is InChI=1S/C11H11BrN2O6/c12-7-3-6(4-8(5-7)14(19)20)10(16)13-2-1-9(15)11(17)18/h3-5,9,15H,1-2H2,(H,13,16)(H,17,18)/t9-/m0/s1. The van der Waals surface area contributed by atoms with Gasteiger partial charge in [-0.05, 0) is 6.07 Å². The molecule has 0 heterocycles. The molecule has 1 amide bonds. The number of carbonyl (C=O) groups excluding carboxylic acids is 1. The molecule has 108 valence electrons. The largest absolute Gasteiger partial charge is 0.479 e. The van der Waals surface area contributed by atoms with Gasteiger partial charge in [-0.3, -0.25) is 14.9 Å². The molecule has 0 unspecified atom stereocenters. The Morgan fingerprint density at radius 1 is 1.40 bits per heavy atom. The highest BCUT2D eigenvalue weighted by Gasteiger charge is 2.16. The van der Waals surface area contributed by atoms with Crippen LogP contribution in [0.5, 0.6) is 0 Å². The van der Waals surface area contributed by atoms with Gasteiger partial charge in [0.1, 0.15) is 0 Å². The lowest BCUT2D eigenvalue weighted by molar-refractivity contribution is -0.385. The maximum absolute atomic E-state index is 11.7. The van der Waals surface area contributed by atoms with Crippen LogP contribution in [0.4, 0.5) is 5.69 Å². The van der Waals surface area contributed by atoms with Gasteiger partial charge in [0.15, 0.2) is 6.10 Å². The second kappa shape index (κ2) is 6.96. The Labute approximate surface area is 121 Å². The monoisotopic (exact) mass is 346 g/mol. The third-order valence-electron chi connectivity index (χ3n) is 2.34. The molecule has 0 saturated carbocycles. The number of carboxylic acid groups (broad SMARTS) is 1. The van der Waals surface area contributed by atoms with E-state index in [1.807, 2.05) is 0 Å². The van der Waals surface area contributed by atoms with Crippen molar-refractivity contribution in [1.29, 1.82) is 0 Å². The zero-order valence-corrected chi connectivity index (χ0v) is 11.7. The summed E-state index contributed by atoms with van der Waals surface area (Å²) in [6.07, 6.45) is -1.72. The number of nitrogens with zero attached hydrogens (tertiary/aromatic N) is 1. The molecule has 1 aromatic carbocycles. The van der Waals surface area contributed by atoms with Crippen LogP contribution in [-0.4, -0.2) is 39.7 Å². The summed E-state index contributed by atoms with van der Waals surface area (Å²) in [7, 11) is 0. The number of hydrogen-bond donors (Lipinski definition) is 3. The molecule has 0 aliphatic heterocycles. The Kier molecular flexibility index (Phi) is 5.59. The average molecular weight is 347 g/mol. The van der Waals surface area contributed by atoms with Crippen LogP contribution in [0.25, 0.3) is 0 Å². The van der Waals surface area contributed by atoms with Gasteiger partial charge >= 0.3 is 5.97 Å². The number of amides is 1. The fourth-order valence-corrected chi connectivity index (χ4v) is 1.84. The zero-order valence-electron chi connectivity index (χ0n) is 10.1. The zero-order chi connectivity index (χ0) is 15.3. The quantitative estimate of drug-likeness (QED) is 0.518. The molecule has 20 heavy (non-hydrogen) atoms. The number of rotatable bonds is 6. The van der Waals surface area contributed by atoms with E-state index in [1.54, 1.807) is 0 Å². The van der Waals surface area contributed by atoms with Gasteiger partial charge in [-0.2, -0.15) is 0 Å². The van der Waals surface area contributed by atoms with Gasteiger partial charge in [0.2, 0.25) is 0 Å². The minimum absolute atomic E-state index is 0.0629. The van der Waals surface area contributed by atoms with Crippen molar-refractivity contribution in [2.24, 2.45) is 0 Å². The van der Waals surface area contributed by atoms with E-state index in [1.165, 1.54) is 12.1 Å². The number of benzene rings is 1. The lowest BCUT2D eigenvalue weighted by Crippen LogP contribution is -2.30. The summed E-state index contributed by atoms with van der Waals surface area (Å²) < 4.78 is 0.377. The van der Waals surface area contributed by atoms with Crippen LogP contribution < -0.4 is 5.32 Å². The summed E-state index contributed by atoms with van der Waals surface area (Å²) in [5.74, 6) is -1.97. The number of aliphatic carboxylic acids is 1. The first-order valence-electron chi connectivity index (χ1n) is 5.45. The van der Waals surface area contributed by atoms with Gasteiger partial charge in [-0.25, -0.2) is 4.79 Å². The van der Waals surface area contributed by atoms with E-state index in [4.69, 9.17) is 10.2 Å². The van der Waals surface area contributed by atoms with Gasteiger partial charge in [-0.15, -0.1) is 0 Å². The van der Waals surface area contributed by atoms with E-state index >= 15 is 0 Å². The average Bonchev–Trinajstić information content (AvgIpc) is 2.37. The number of nitro groups is 1.